The first-order chi connectivity index (χ1) is 16.0. The summed E-state index contributed by atoms with van der Waals surface area (Å²) in [5, 5.41) is 0.805. The summed E-state index contributed by atoms with van der Waals surface area (Å²) in [7, 11) is 0. The summed E-state index contributed by atoms with van der Waals surface area (Å²) in [4.78, 5) is 16.7. The van der Waals surface area contributed by atoms with Crippen LogP contribution in [0.2, 0.25) is 5.02 Å². The number of carbonyl (C=O) groups is 1. The molecule has 4 nitrogen and oxygen atoms in total. The number of rotatable bonds is 4. The van der Waals surface area contributed by atoms with Gasteiger partial charge < -0.3 is 4.74 Å². The lowest BCUT2D eigenvalue weighted by Crippen LogP contribution is -2.38. The average Bonchev–Trinajstić information content (AvgIpc) is 2.98. The van der Waals surface area contributed by atoms with Crippen molar-refractivity contribution in [2.24, 2.45) is 5.92 Å². The molecular formula is C26H35Br2ClN2O2. The zero-order valence-electron chi connectivity index (χ0n) is 20.0. The molecule has 0 amide bonds. The van der Waals surface area contributed by atoms with Crippen LogP contribution in [0.25, 0.3) is 0 Å². The van der Waals surface area contributed by atoms with Gasteiger partial charge in [0.05, 0.1) is 18.3 Å². The first-order valence-corrected chi connectivity index (χ1v) is 13.9. The molecule has 7 heteroatoms. The van der Waals surface area contributed by atoms with Gasteiger partial charge in [0.2, 0.25) is 0 Å². The average molecular weight is 603 g/mol. The van der Waals surface area contributed by atoms with Crippen LogP contribution < -0.4 is 0 Å². The number of ether oxygens (including phenoxy) is 1. The van der Waals surface area contributed by atoms with Crippen molar-refractivity contribution < 1.29 is 9.53 Å². The lowest BCUT2D eigenvalue weighted by atomic mass is 9.90. The quantitative estimate of drug-likeness (QED) is 0.335. The highest BCUT2D eigenvalue weighted by Gasteiger charge is 2.34. The van der Waals surface area contributed by atoms with Crippen LogP contribution in [0.3, 0.4) is 0 Å². The smallest absolute Gasteiger partial charge is 0.293 e. The maximum atomic E-state index is 9.18. The summed E-state index contributed by atoms with van der Waals surface area (Å²) in [6, 6.07) is 6.64. The summed E-state index contributed by atoms with van der Waals surface area (Å²) in [5.41, 5.74) is 5.27. The molecule has 182 valence electrons. The molecular weight excluding hydrogens is 568 g/mol. The Morgan fingerprint density at radius 1 is 1.12 bits per heavy atom. The number of benzene rings is 1. The molecule has 1 aromatic carbocycles. The predicted octanol–water partition coefficient (Wildman–Crippen LogP) is 7.78. The lowest BCUT2D eigenvalue weighted by molar-refractivity contribution is -0.128. The van der Waals surface area contributed by atoms with Crippen molar-refractivity contribution in [2.75, 3.05) is 19.7 Å². The number of aromatic nitrogens is 1. The Balaban J connectivity index is 0.000000489. The number of nitrogens with zero attached hydrogens (tertiary/aromatic N) is 2. The first kappa shape index (κ1) is 28.3. The topological polar surface area (TPSA) is 42.4 Å². The molecule has 1 atom stereocenters. The second kappa shape index (κ2) is 14.4. The van der Waals surface area contributed by atoms with E-state index in [1.165, 1.54) is 41.6 Å². The van der Waals surface area contributed by atoms with Gasteiger partial charge in [0.25, 0.3) is 6.47 Å². The summed E-state index contributed by atoms with van der Waals surface area (Å²) in [5.74, 6) is 0.863. The molecule has 33 heavy (non-hydrogen) atoms. The van der Waals surface area contributed by atoms with E-state index < -0.39 is 0 Å². The van der Waals surface area contributed by atoms with Crippen LogP contribution >= 0.6 is 43.5 Å². The van der Waals surface area contributed by atoms with E-state index >= 15 is 0 Å². The summed E-state index contributed by atoms with van der Waals surface area (Å²) in [6.07, 6.45) is 7.79. The van der Waals surface area contributed by atoms with Crippen molar-refractivity contribution in [3.05, 3.63) is 60.7 Å². The Labute approximate surface area is 220 Å². The molecule has 0 saturated carbocycles. The van der Waals surface area contributed by atoms with Crippen molar-refractivity contribution in [2.45, 2.75) is 65.8 Å². The standard InChI is InChI=1S/C21H23Br2ClN2.C3H6O2.C2H6/c1-2-13-5-7-26(8-6-13)21-19-14(10-17(24)11-18(19)23)3-4-15-9-16(22)12-25-20(15)21;1-2-5-3-4;1-2/h9-13,21H,2-8H2,1H3;3H,2H2,1H3;1-2H3. The number of hydrogen-bond acceptors (Lipinski definition) is 4. The third-order valence-corrected chi connectivity index (χ3v) is 7.48. The molecule has 1 saturated heterocycles. The van der Waals surface area contributed by atoms with Gasteiger partial charge >= 0.3 is 0 Å². The number of fused-ring (bicyclic) bond motifs is 2. The zero-order chi connectivity index (χ0) is 24.4. The van der Waals surface area contributed by atoms with E-state index in [4.69, 9.17) is 16.6 Å². The Kier molecular flexibility index (Phi) is 12.4. The maximum absolute atomic E-state index is 9.18. The van der Waals surface area contributed by atoms with Crippen molar-refractivity contribution in [3.63, 3.8) is 0 Å². The fourth-order valence-corrected chi connectivity index (χ4v) is 6.01. The molecule has 1 aliphatic heterocycles. The van der Waals surface area contributed by atoms with E-state index in [-0.39, 0.29) is 6.04 Å². The number of hydrogen-bond donors (Lipinski definition) is 0. The molecule has 2 aliphatic rings. The summed E-state index contributed by atoms with van der Waals surface area (Å²) >= 11 is 13.8. The van der Waals surface area contributed by atoms with E-state index in [1.807, 2.05) is 26.1 Å². The molecule has 4 rings (SSSR count). The molecule has 0 bridgehead atoms. The van der Waals surface area contributed by atoms with Gasteiger partial charge in [-0.15, -0.1) is 0 Å². The number of piperidine rings is 1. The van der Waals surface area contributed by atoms with Gasteiger partial charge in [-0.1, -0.05) is 54.7 Å². The highest BCUT2D eigenvalue weighted by Crippen LogP contribution is 2.42. The van der Waals surface area contributed by atoms with Gasteiger partial charge in [-0.2, -0.15) is 0 Å². The number of pyridine rings is 1. The minimum absolute atomic E-state index is 0.208. The Morgan fingerprint density at radius 2 is 1.79 bits per heavy atom. The minimum Gasteiger partial charge on any atom is -0.468 e. The number of halogens is 3. The normalized spacial score (nSPS) is 17.8. The van der Waals surface area contributed by atoms with Crippen LogP contribution in [-0.4, -0.2) is 36.1 Å². The van der Waals surface area contributed by atoms with Crippen molar-refractivity contribution >= 4 is 49.9 Å². The largest absolute Gasteiger partial charge is 0.468 e. The second-order valence-electron chi connectivity index (χ2n) is 8.00. The van der Waals surface area contributed by atoms with E-state index in [0.717, 1.165) is 45.8 Å². The highest BCUT2D eigenvalue weighted by atomic mass is 79.9. The number of aryl methyl sites for hydroxylation is 2. The molecule has 1 fully saturated rings. The van der Waals surface area contributed by atoms with E-state index in [2.05, 4.69) is 60.6 Å². The summed E-state index contributed by atoms with van der Waals surface area (Å²) < 4.78 is 6.32. The lowest BCUT2D eigenvalue weighted by Gasteiger charge is -2.38. The van der Waals surface area contributed by atoms with Crippen LogP contribution in [0, 0.1) is 5.92 Å². The fourth-order valence-electron chi connectivity index (χ4n) is 4.54. The molecule has 1 aliphatic carbocycles. The number of likely N-dealkylation sites (tertiary alicyclic amines) is 1. The highest BCUT2D eigenvalue weighted by molar-refractivity contribution is 9.10. The minimum atomic E-state index is 0.208. The number of carbonyl (C=O) groups excluding carboxylic acids is 1. The van der Waals surface area contributed by atoms with Gasteiger partial charge in [0, 0.05) is 20.2 Å². The van der Waals surface area contributed by atoms with E-state index in [0.29, 0.717) is 13.1 Å². The van der Waals surface area contributed by atoms with Crippen molar-refractivity contribution in [1.82, 2.24) is 9.88 Å². The van der Waals surface area contributed by atoms with Gasteiger partial charge in [-0.05, 0) is 102 Å². The van der Waals surface area contributed by atoms with E-state index in [9.17, 15) is 4.79 Å². The molecule has 0 spiro atoms. The molecule has 0 radical (unpaired) electrons. The fraction of sp³-hybridized carbons (Fsp3) is 0.538. The Bertz CT molecular complexity index is 902. The predicted molar refractivity (Wildman–Crippen MR) is 144 cm³/mol. The van der Waals surface area contributed by atoms with Crippen molar-refractivity contribution in [1.29, 1.82) is 0 Å². The maximum Gasteiger partial charge on any atom is 0.293 e. The van der Waals surface area contributed by atoms with Crippen LogP contribution in [0.4, 0.5) is 0 Å². The van der Waals surface area contributed by atoms with Crippen LogP contribution in [0.1, 0.15) is 75.4 Å². The van der Waals surface area contributed by atoms with Crippen LogP contribution in [0.5, 0.6) is 0 Å². The van der Waals surface area contributed by atoms with Crippen LogP contribution in [0.15, 0.2) is 33.3 Å². The van der Waals surface area contributed by atoms with Gasteiger partial charge in [-0.3, -0.25) is 14.7 Å². The van der Waals surface area contributed by atoms with Gasteiger partial charge in [0.1, 0.15) is 0 Å². The monoisotopic (exact) mass is 600 g/mol. The van der Waals surface area contributed by atoms with Gasteiger partial charge in [0.15, 0.2) is 0 Å². The van der Waals surface area contributed by atoms with Crippen LogP contribution in [-0.2, 0) is 22.4 Å². The first-order valence-electron chi connectivity index (χ1n) is 11.9. The van der Waals surface area contributed by atoms with Gasteiger partial charge in [-0.25, -0.2) is 0 Å². The molecule has 0 N–H and O–H groups in total. The Morgan fingerprint density at radius 3 is 2.36 bits per heavy atom. The molecule has 2 aromatic rings. The van der Waals surface area contributed by atoms with E-state index in [1.54, 1.807) is 6.92 Å². The molecule has 1 aromatic heterocycles. The Hall–Kier alpha value is -0.950. The molecule has 1 unspecified atom stereocenters. The second-order valence-corrected chi connectivity index (χ2v) is 10.2. The SMILES string of the molecule is CC.CCC1CCN(C2c3ncc(Br)cc3CCc3cc(Cl)cc(Br)c32)CC1.CCOC=O. The zero-order valence-corrected chi connectivity index (χ0v) is 24.0. The summed E-state index contributed by atoms with van der Waals surface area (Å²) in [6.45, 7) is 11.2. The molecule has 2 heterocycles. The third-order valence-electron chi connectivity index (χ3n) is 6.17. The van der Waals surface area contributed by atoms with Crippen molar-refractivity contribution in [3.8, 4) is 0 Å². The third kappa shape index (κ3) is 7.51.